The summed E-state index contributed by atoms with van der Waals surface area (Å²) in [5.41, 5.74) is 3.05. The number of anilines is 1. The first-order valence-electron chi connectivity index (χ1n) is 10.9. The molecule has 0 aromatic heterocycles. The number of halogens is 1. The van der Waals surface area contributed by atoms with Gasteiger partial charge >= 0.3 is 0 Å². The topological polar surface area (TPSA) is 57.7 Å². The van der Waals surface area contributed by atoms with Gasteiger partial charge in [0.1, 0.15) is 0 Å². The maximum atomic E-state index is 13.5. The number of benzene rings is 3. The summed E-state index contributed by atoms with van der Waals surface area (Å²) in [6, 6.07) is 23.0. The summed E-state index contributed by atoms with van der Waals surface area (Å²) in [6.45, 7) is 4.77. The highest BCUT2D eigenvalue weighted by Gasteiger charge is 2.27. The number of hydrogen-bond acceptors (Lipinski definition) is 3. The van der Waals surface area contributed by atoms with Gasteiger partial charge in [0.25, 0.3) is 15.9 Å². The van der Waals surface area contributed by atoms with E-state index in [1.165, 1.54) is 28.1 Å². The molecule has 4 rings (SSSR count). The molecule has 0 N–H and O–H groups in total. The molecule has 0 spiro atoms. The minimum Gasteiger partial charge on any atom is -0.335 e. The van der Waals surface area contributed by atoms with E-state index in [2.05, 4.69) is 24.8 Å². The Morgan fingerprint density at radius 3 is 2.44 bits per heavy atom. The standard InChI is InChI=1S/C27H25ClN2O3S/c1-2-17-30(26-14-7-6-13-25(26)28)34(32,33)24-12-8-11-23(20-24)27(31)29-18-15-22(16-19-29)21-9-4-3-5-10-21/h2-15,20H,1,16-19H2. The average Bonchev–Trinajstić information content (AvgIpc) is 2.88. The summed E-state index contributed by atoms with van der Waals surface area (Å²) in [5, 5.41) is 0.314. The van der Waals surface area contributed by atoms with Crippen LogP contribution in [0.2, 0.25) is 5.02 Å². The number of hydrogen-bond donors (Lipinski definition) is 0. The van der Waals surface area contributed by atoms with E-state index >= 15 is 0 Å². The van der Waals surface area contributed by atoms with Crippen molar-refractivity contribution < 1.29 is 13.2 Å². The summed E-state index contributed by atoms with van der Waals surface area (Å²) in [7, 11) is -3.98. The lowest BCUT2D eigenvalue weighted by Crippen LogP contribution is -2.35. The molecule has 0 fully saturated rings. The summed E-state index contributed by atoms with van der Waals surface area (Å²) in [5.74, 6) is -0.201. The van der Waals surface area contributed by atoms with Crippen molar-refractivity contribution in [2.45, 2.75) is 11.3 Å². The molecule has 0 saturated heterocycles. The number of rotatable bonds is 7. The maximum absolute atomic E-state index is 13.5. The van der Waals surface area contributed by atoms with Gasteiger partial charge in [0, 0.05) is 18.7 Å². The fourth-order valence-electron chi connectivity index (χ4n) is 3.96. The number of para-hydroxylation sites is 1. The van der Waals surface area contributed by atoms with E-state index in [0.717, 1.165) is 12.0 Å². The molecule has 7 heteroatoms. The van der Waals surface area contributed by atoms with Gasteiger partial charge in [-0.25, -0.2) is 8.42 Å². The van der Waals surface area contributed by atoms with Crippen molar-refractivity contribution in [3.8, 4) is 0 Å². The smallest absolute Gasteiger partial charge is 0.264 e. The molecule has 174 valence electrons. The van der Waals surface area contributed by atoms with Gasteiger partial charge in [0.15, 0.2) is 0 Å². The van der Waals surface area contributed by atoms with Gasteiger partial charge in [-0.1, -0.05) is 72.3 Å². The summed E-state index contributed by atoms with van der Waals surface area (Å²) >= 11 is 6.28. The second-order valence-electron chi connectivity index (χ2n) is 7.90. The van der Waals surface area contributed by atoms with Crippen LogP contribution in [0.1, 0.15) is 22.3 Å². The molecule has 5 nitrogen and oxygen atoms in total. The zero-order valence-corrected chi connectivity index (χ0v) is 20.2. The molecule has 1 aliphatic rings. The van der Waals surface area contributed by atoms with E-state index in [1.807, 2.05) is 18.2 Å². The Labute approximate surface area is 205 Å². The number of amides is 1. The first-order valence-corrected chi connectivity index (χ1v) is 12.8. The van der Waals surface area contributed by atoms with Crippen LogP contribution < -0.4 is 4.31 Å². The highest BCUT2D eigenvalue weighted by Crippen LogP contribution is 2.31. The van der Waals surface area contributed by atoms with Crippen molar-refractivity contribution >= 4 is 38.8 Å². The Morgan fingerprint density at radius 1 is 1.03 bits per heavy atom. The van der Waals surface area contributed by atoms with Crippen molar-refractivity contribution in [2.24, 2.45) is 0 Å². The van der Waals surface area contributed by atoms with Crippen LogP contribution in [0.3, 0.4) is 0 Å². The summed E-state index contributed by atoms with van der Waals surface area (Å²) in [4.78, 5) is 14.9. The van der Waals surface area contributed by atoms with E-state index in [4.69, 9.17) is 11.6 Å². The number of carbonyl (C=O) groups is 1. The lowest BCUT2D eigenvalue weighted by atomic mass is 9.99. The maximum Gasteiger partial charge on any atom is 0.264 e. The minimum atomic E-state index is -3.98. The summed E-state index contributed by atoms with van der Waals surface area (Å²) < 4.78 is 28.2. The van der Waals surface area contributed by atoms with Crippen LogP contribution in [0.15, 0.2) is 102 Å². The fourth-order valence-corrected chi connectivity index (χ4v) is 5.75. The zero-order chi connectivity index (χ0) is 24.1. The van der Waals surface area contributed by atoms with Gasteiger partial charge < -0.3 is 4.90 Å². The monoisotopic (exact) mass is 492 g/mol. The highest BCUT2D eigenvalue weighted by atomic mass is 35.5. The molecule has 34 heavy (non-hydrogen) atoms. The summed E-state index contributed by atoms with van der Waals surface area (Å²) in [6.07, 6.45) is 4.30. The second-order valence-corrected chi connectivity index (χ2v) is 10.2. The second kappa shape index (κ2) is 10.3. The molecule has 3 aromatic carbocycles. The Kier molecular flexibility index (Phi) is 7.20. The van der Waals surface area contributed by atoms with Crippen molar-refractivity contribution in [3.63, 3.8) is 0 Å². The number of sulfonamides is 1. The molecular weight excluding hydrogens is 468 g/mol. The van der Waals surface area contributed by atoms with Gasteiger partial charge in [-0.3, -0.25) is 9.10 Å². The lowest BCUT2D eigenvalue weighted by Gasteiger charge is -2.27. The van der Waals surface area contributed by atoms with Crippen molar-refractivity contribution in [1.29, 1.82) is 0 Å². The van der Waals surface area contributed by atoms with Gasteiger partial charge in [0.05, 0.1) is 22.2 Å². The normalized spacial score (nSPS) is 13.8. The minimum absolute atomic E-state index is 0.0256. The SMILES string of the molecule is C=CCN(c1ccccc1Cl)S(=O)(=O)c1cccc(C(=O)N2CC=C(c3ccccc3)CC2)c1. The highest BCUT2D eigenvalue weighted by molar-refractivity contribution is 7.92. The van der Waals surface area contributed by atoms with Crippen molar-refractivity contribution in [2.75, 3.05) is 23.9 Å². The van der Waals surface area contributed by atoms with Gasteiger partial charge in [-0.15, -0.1) is 6.58 Å². The first-order chi connectivity index (χ1) is 16.4. The van der Waals surface area contributed by atoms with E-state index in [1.54, 1.807) is 41.3 Å². The molecule has 0 radical (unpaired) electrons. The van der Waals surface area contributed by atoms with Crippen LogP contribution in [0.5, 0.6) is 0 Å². The molecule has 0 bridgehead atoms. The molecule has 0 atom stereocenters. The van der Waals surface area contributed by atoms with Crippen LogP contribution in [-0.4, -0.2) is 38.9 Å². The Bertz CT molecular complexity index is 1340. The van der Waals surface area contributed by atoms with E-state index in [0.29, 0.717) is 29.4 Å². The predicted octanol–water partition coefficient (Wildman–Crippen LogP) is 5.65. The van der Waals surface area contributed by atoms with Crippen molar-refractivity contribution in [3.05, 3.63) is 114 Å². The Hall–Kier alpha value is -3.35. The number of nitrogens with zero attached hydrogens (tertiary/aromatic N) is 2. The average molecular weight is 493 g/mol. The van der Waals surface area contributed by atoms with Gasteiger partial charge in [-0.2, -0.15) is 0 Å². The van der Waals surface area contributed by atoms with Crippen LogP contribution in [0.25, 0.3) is 5.57 Å². The molecule has 1 aliphatic heterocycles. The lowest BCUT2D eigenvalue weighted by molar-refractivity contribution is 0.0772. The number of carbonyl (C=O) groups excluding carboxylic acids is 1. The molecule has 0 saturated carbocycles. The third kappa shape index (κ3) is 4.93. The van der Waals surface area contributed by atoms with Crippen LogP contribution in [0, 0.1) is 0 Å². The fraction of sp³-hybridized carbons (Fsp3) is 0.148. The third-order valence-electron chi connectivity index (χ3n) is 5.73. The van der Waals surface area contributed by atoms with E-state index in [-0.39, 0.29) is 17.3 Å². The molecule has 0 unspecified atom stereocenters. The van der Waals surface area contributed by atoms with Crippen LogP contribution in [0.4, 0.5) is 5.69 Å². The predicted molar refractivity (Wildman–Crippen MR) is 138 cm³/mol. The zero-order valence-electron chi connectivity index (χ0n) is 18.6. The molecule has 1 amide bonds. The quantitative estimate of drug-likeness (QED) is 0.400. The van der Waals surface area contributed by atoms with Crippen LogP contribution in [-0.2, 0) is 10.0 Å². The third-order valence-corrected chi connectivity index (χ3v) is 7.82. The molecular formula is C27H25ClN2O3S. The van der Waals surface area contributed by atoms with Crippen LogP contribution >= 0.6 is 11.6 Å². The van der Waals surface area contributed by atoms with E-state index in [9.17, 15) is 13.2 Å². The Morgan fingerprint density at radius 2 is 1.76 bits per heavy atom. The van der Waals surface area contributed by atoms with Gasteiger partial charge in [-0.05, 0) is 47.9 Å². The first kappa shape index (κ1) is 23.8. The molecule has 3 aromatic rings. The largest absolute Gasteiger partial charge is 0.335 e. The Balaban J connectivity index is 1.59. The van der Waals surface area contributed by atoms with Crippen molar-refractivity contribution in [1.82, 2.24) is 4.90 Å². The molecule has 0 aliphatic carbocycles. The van der Waals surface area contributed by atoms with E-state index < -0.39 is 10.0 Å². The molecule has 1 heterocycles. The van der Waals surface area contributed by atoms with Gasteiger partial charge in [0.2, 0.25) is 0 Å².